The third-order valence-corrected chi connectivity index (χ3v) is 3.97. The van der Waals surface area contributed by atoms with Crippen molar-refractivity contribution in [3.63, 3.8) is 0 Å². The largest absolute Gasteiger partial charge is 0.339 e. The highest BCUT2D eigenvalue weighted by molar-refractivity contribution is 5.95. The minimum absolute atomic E-state index is 0.166. The van der Waals surface area contributed by atoms with E-state index in [0.717, 1.165) is 12.1 Å². The van der Waals surface area contributed by atoms with Crippen molar-refractivity contribution in [1.82, 2.24) is 20.1 Å². The number of carbonyl (C=O) groups excluding carboxylic acids is 2. The van der Waals surface area contributed by atoms with E-state index in [1.54, 1.807) is 0 Å². The van der Waals surface area contributed by atoms with Gasteiger partial charge in [0.15, 0.2) is 0 Å². The van der Waals surface area contributed by atoms with Gasteiger partial charge in [0, 0.05) is 25.1 Å². The van der Waals surface area contributed by atoms with Gasteiger partial charge in [0.25, 0.3) is 5.91 Å². The SMILES string of the molecule is O=C(Nc1ncn[nH]1)C1CCN(C(=O)c2ccc(F)cc2F)CC1. The van der Waals surface area contributed by atoms with E-state index in [1.165, 1.54) is 11.2 Å². The first-order valence-corrected chi connectivity index (χ1v) is 7.45. The average Bonchev–Trinajstić information content (AvgIpc) is 3.07. The molecule has 3 rings (SSSR count). The van der Waals surface area contributed by atoms with Crippen LogP contribution in [0.5, 0.6) is 0 Å². The third kappa shape index (κ3) is 3.39. The van der Waals surface area contributed by atoms with E-state index in [9.17, 15) is 18.4 Å². The van der Waals surface area contributed by atoms with Gasteiger partial charge in [-0.2, -0.15) is 10.1 Å². The molecule has 0 bridgehead atoms. The van der Waals surface area contributed by atoms with Gasteiger partial charge < -0.3 is 4.90 Å². The standard InChI is InChI=1S/C15H15F2N5O2/c16-10-1-2-11(12(17)7-10)14(24)22-5-3-9(4-6-22)13(23)20-15-18-8-19-21-15/h1-2,7-9H,3-6H2,(H2,18,19,20,21,23). The molecule has 0 aliphatic carbocycles. The molecule has 126 valence electrons. The number of aromatic nitrogens is 3. The number of H-pyrrole nitrogens is 1. The van der Waals surface area contributed by atoms with Crippen molar-refractivity contribution in [3.8, 4) is 0 Å². The van der Waals surface area contributed by atoms with Gasteiger partial charge in [-0.15, -0.1) is 0 Å². The molecule has 7 nitrogen and oxygen atoms in total. The van der Waals surface area contributed by atoms with Crippen molar-refractivity contribution >= 4 is 17.8 Å². The summed E-state index contributed by atoms with van der Waals surface area (Å²) in [5.74, 6) is -2.31. The second-order valence-corrected chi connectivity index (χ2v) is 5.51. The summed E-state index contributed by atoms with van der Waals surface area (Å²) in [6.07, 6.45) is 2.19. The topological polar surface area (TPSA) is 91.0 Å². The Morgan fingerprint density at radius 1 is 1.25 bits per heavy atom. The monoisotopic (exact) mass is 335 g/mol. The molecule has 2 heterocycles. The van der Waals surface area contributed by atoms with Crippen LogP contribution < -0.4 is 5.32 Å². The van der Waals surface area contributed by atoms with E-state index in [0.29, 0.717) is 32.0 Å². The van der Waals surface area contributed by atoms with Gasteiger partial charge >= 0.3 is 0 Å². The Bertz CT molecular complexity index is 742. The molecule has 0 saturated carbocycles. The molecule has 9 heteroatoms. The zero-order chi connectivity index (χ0) is 17.1. The zero-order valence-electron chi connectivity index (χ0n) is 12.6. The molecular weight excluding hydrogens is 320 g/mol. The minimum atomic E-state index is -0.884. The number of hydrogen-bond acceptors (Lipinski definition) is 4. The summed E-state index contributed by atoms with van der Waals surface area (Å²) >= 11 is 0. The van der Waals surface area contributed by atoms with Crippen LogP contribution in [-0.2, 0) is 4.79 Å². The molecule has 1 aliphatic heterocycles. The predicted molar refractivity (Wildman–Crippen MR) is 80.0 cm³/mol. The fourth-order valence-corrected chi connectivity index (χ4v) is 2.66. The molecule has 1 aromatic carbocycles. The molecule has 1 aliphatic rings. The van der Waals surface area contributed by atoms with Crippen LogP contribution in [0.25, 0.3) is 0 Å². The maximum Gasteiger partial charge on any atom is 0.256 e. The van der Waals surface area contributed by atoms with Gasteiger partial charge in [0.05, 0.1) is 5.56 Å². The summed E-state index contributed by atoms with van der Waals surface area (Å²) in [6.45, 7) is 0.647. The first-order chi connectivity index (χ1) is 11.5. The molecule has 1 aromatic heterocycles. The number of rotatable bonds is 3. The summed E-state index contributed by atoms with van der Waals surface area (Å²) in [5.41, 5.74) is -0.166. The lowest BCUT2D eigenvalue weighted by molar-refractivity contribution is -0.121. The number of likely N-dealkylation sites (tertiary alicyclic amines) is 1. The lowest BCUT2D eigenvalue weighted by Gasteiger charge is -2.31. The molecule has 0 atom stereocenters. The van der Waals surface area contributed by atoms with Gasteiger partial charge in [-0.3, -0.25) is 14.9 Å². The number of aromatic amines is 1. The third-order valence-electron chi connectivity index (χ3n) is 3.97. The van der Waals surface area contributed by atoms with Crippen LogP contribution in [0.1, 0.15) is 23.2 Å². The van der Waals surface area contributed by atoms with Crippen molar-refractivity contribution in [2.24, 2.45) is 5.92 Å². The molecule has 2 N–H and O–H groups in total. The van der Waals surface area contributed by atoms with Crippen LogP contribution >= 0.6 is 0 Å². The van der Waals surface area contributed by atoms with Gasteiger partial charge in [-0.05, 0) is 25.0 Å². The number of nitrogens with one attached hydrogen (secondary N) is 2. The summed E-state index contributed by atoms with van der Waals surface area (Å²) in [4.78, 5) is 29.7. The summed E-state index contributed by atoms with van der Waals surface area (Å²) < 4.78 is 26.6. The van der Waals surface area contributed by atoms with Crippen molar-refractivity contribution in [1.29, 1.82) is 0 Å². The van der Waals surface area contributed by atoms with Crippen molar-refractivity contribution in [2.75, 3.05) is 18.4 Å². The molecule has 0 radical (unpaired) electrons. The molecule has 1 saturated heterocycles. The second kappa shape index (κ2) is 6.73. The van der Waals surface area contributed by atoms with E-state index in [1.807, 2.05) is 0 Å². The first kappa shape index (κ1) is 16.0. The molecule has 2 amide bonds. The van der Waals surface area contributed by atoms with E-state index < -0.39 is 17.5 Å². The summed E-state index contributed by atoms with van der Waals surface area (Å²) in [7, 11) is 0. The lowest BCUT2D eigenvalue weighted by atomic mass is 9.95. The average molecular weight is 335 g/mol. The highest BCUT2D eigenvalue weighted by Crippen LogP contribution is 2.21. The summed E-state index contributed by atoms with van der Waals surface area (Å²) in [6, 6.07) is 2.87. The van der Waals surface area contributed by atoms with Crippen LogP contribution in [-0.4, -0.2) is 45.0 Å². The number of carbonyl (C=O) groups is 2. The number of amides is 2. The van der Waals surface area contributed by atoms with Crippen LogP contribution in [0.15, 0.2) is 24.5 Å². The number of nitrogens with zero attached hydrogens (tertiary/aromatic N) is 3. The molecular formula is C15H15F2N5O2. The second-order valence-electron chi connectivity index (χ2n) is 5.51. The minimum Gasteiger partial charge on any atom is -0.339 e. The fourth-order valence-electron chi connectivity index (χ4n) is 2.66. The molecule has 0 spiro atoms. The zero-order valence-corrected chi connectivity index (χ0v) is 12.6. The Kier molecular flexibility index (Phi) is 4.50. The predicted octanol–water partition coefficient (Wildman–Crippen LogP) is 1.57. The number of piperidine rings is 1. The molecule has 2 aromatic rings. The Morgan fingerprint density at radius 2 is 2.00 bits per heavy atom. The van der Waals surface area contributed by atoms with E-state index in [4.69, 9.17) is 0 Å². The van der Waals surface area contributed by atoms with Crippen LogP contribution in [0.4, 0.5) is 14.7 Å². The van der Waals surface area contributed by atoms with Crippen LogP contribution in [0, 0.1) is 17.6 Å². The maximum atomic E-state index is 13.7. The normalized spacial score (nSPS) is 15.3. The highest BCUT2D eigenvalue weighted by atomic mass is 19.1. The first-order valence-electron chi connectivity index (χ1n) is 7.45. The van der Waals surface area contributed by atoms with Crippen LogP contribution in [0.2, 0.25) is 0 Å². The Balaban J connectivity index is 1.58. The van der Waals surface area contributed by atoms with E-state index in [-0.39, 0.29) is 23.3 Å². The molecule has 1 fully saturated rings. The molecule has 24 heavy (non-hydrogen) atoms. The van der Waals surface area contributed by atoms with Gasteiger partial charge in [0.1, 0.15) is 18.0 Å². The van der Waals surface area contributed by atoms with Crippen molar-refractivity contribution < 1.29 is 18.4 Å². The van der Waals surface area contributed by atoms with E-state index in [2.05, 4.69) is 20.5 Å². The Morgan fingerprint density at radius 3 is 2.62 bits per heavy atom. The van der Waals surface area contributed by atoms with Gasteiger partial charge in [-0.1, -0.05) is 0 Å². The van der Waals surface area contributed by atoms with Gasteiger partial charge in [0.2, 0.25) is 11.9 Å². The number of hydrogen-bond donors (Lipinski definition) is 2. The van der Waals surface area contributed by atoms with Gasteiger partial charge in [-0.25, -0.2) is 13.9 Å². The van der Waals surface area contributed by atoms with Crippen molar-refractivity contribution in [2.45, 2.75) is 12.8 Å². The highest BCUT2D eigenvalue weighted by Gasteiger charge is 2.29. The number of anilines is 1. The molecule has 0 unspecified atom stereocenters. The Hall–Kier alpha value is -2.84. The summed E-state index contributed by atoms with van der Waals surface area (Å²) in [5, 5.41) is 8.78. The number of halogens is 2. The fraction of sp³-hybridized carbons (Fsp3) is 0.333. The Labute approximate surface area is 136 Å². The maximum absolute atomic E-state index is 13.7. The quantitative estimate of drug-likeness (QED) is 0.891. The van der Waals surface area contributed by atoms with Crippen LogP contribution in [0.3, 0.4) is 0 Å². The number of benzene rings is 1. The smallest absolute Gasteiger partial charge is 0.256 e. The lowest BCUT2D eigenvalue weighted by Crippen LogP contribution is -2.41. The van der Waals surface area contributed by atoms with E-state index >= 15 is 0 Å². The van der Waals surface area contributed by atoms with Crippen molar-refractivity contribution in [3.05, 3.63) is 41.7 Å².